The summed E-state index contributed by atoms with van der Waals surface area (Å²) in [6.07, 6.45) is 1.92. The minimum atomic E-state index is -0.552. The number of primary amides is 1. The van der Waals surface area contributed by atoms with Crippen molar-refractivity contribution in [1.29, 1.82) is 0 Å². The highest BCUT2D eigenvalue weighted by Crippen LogP contribution is 2.23. The lowest BCUT2D eigenvalue weighted by atomic mass is 10.3. The number of carbonyl (C=O) groups is 1. The zero-order valence-corrected chi connectivity index (χ0v) is 15.5. The summed E-state index contributed by atoms with van der Waals surface area (Å²) >= 11 is 0. The SMILES string of the molecule is Cc1nc(NCc2cc(C)on2)c2c(ccn2Cc2cccc(C(N)=O)n2)n1. The third-order valence-electron chi connectivity index (χ3n) is 4.23. The van der Waals surface area contributed by atoms with E-state index in [0.29, 0.717) is 30.4 Å². The van der Waals surface area contributed by atoms with Gasteiger partial charge in [-0.05, 0) is 32.0 Å². The van der Waals surface area contributed by atoms with E-state index in [2.05, 4.69) is 25.4 Å². The number of rotatable bonds is 6. The number of carbonyl (C=O) groups excluding carboxylic acids is 1. The van der Waals surface area contributed by atoms with Crippen LogP contribution in [0.2, 0.25) is 0 Å². The van der Waals surface area contributed by atoms with Crippen LogP contribution in [0.15, 0.2) is 41.1 Å². The van der Waals surface area contributed by atoms with E-state index in [1.807, 2.05) is 42.8 Å². The Morgan fingerprint density at radius 1 is 1.18 bits per heavy atom. The van der Waals surface area contributed by atoms with E-state index in [4.69, 9.17) is 10.3 Å². The summed E-state index contributed by atoms with van der Waals surface area (Å²) in [5.74, 6) is 1.56. The number of hydrogen-bond acceptors (Lipinski definition) is 7. The number of nitrogens with two attached hydrogens (primary N) is 1. The van der Waals surface area contributed by atoms with Gasteiger partial charge in [-0.2, -0.15) is 0 Å². The number of nitrogens with zero attached hydrogens (tertiary/aromatic N) is 5. The lowest BCUT2D eigenvalue weighted by Gasteiger charge is -2.11. The summed E-state index contributed by atoms with van der Waals surface area (Å²) in [6, 6.07) is 9.00. The summed E-state index contributed by atoms with van der Waals surface area (Å²) in [4.78, 5) is 24.8. The second-order valence-corrected chi connectivity index (χ2v) is 6.46. The predicted molar refractivity (Wildman–Crippen MR) is 103 cm³/mol. The van der Waals surface area contributed by atoms with Crippen molar-refractivity contribution >= 4 is 22.8 Å². The monoisotopic (exact) mass is 377 g/mol. The van der Waals surface area contributed by atoms with Crippen molar-refractivity contribution in [1.82, 2.24) is 24.7 Å². The summed E-state index contributed by atoms with van der Waals surface area (Å²) in [7, 11) is 0. The summed E-state index contributed by atoms with van der Waals surface area (Å²) < 4.78 is 7.09. The van der Waals surface area contributed by atoms with Crippen molar-refractivity contribution in [3.8, 4) is 0 Å². The van der Waals surface area contributed by atoms with Gasteiger partial charge < -0.3 is 20.1 Å². The number of aromatic nitrogens is 5. The molecule has 0 spiro atoms. The molecular weight excluding hydrogens is 358 g/mol. The Bertz CT molecular complexity index is 1160. The molecule has 3 N–H and O–H groups in total. The first-order valence-corrected chi connectivity index (χ1v) is 8.75. The van der Waals surface area contributed by atoms with Crippen LogP contribution < -0.4 is 11.1 Å². The Balaban J connectivity index is 1.67. The molecule has 0 aliphatic heterocycles. The summed E-state index contributed by atoms with van der Waals surface area (Å²) in [6.45, 7) is 4.63. The van der Waals surface area contributed by atoms with E-state index in [1.54, 1.807) is 12.1 Å². The fraction of sp³-hybridized carbons (Fsp3) is 0.211. The van der Waals surface area contributed by atoms with Crippen LogP contribution in [0.25, 0.3) is 11.0 Å². The smallest absolute Gasteiger partial charge is 0.267 e. The Morgan fingerprint density at radius 2 is 2.04 bits per heavy atom. The zero-order valence-electron chi connectivity index (χ0n) is 15.5. The van der Waals surface area contributed by atoms with Gasteiger partial charge in [-0.1, -0.05) is 11.2 Å². The maximum Gasteiger partial charge on any atom is 0.267 e. The van der Waals surface area contributed by atoms with Gasteiger partial charge in [0.2, 0.25) is 0 Å². The van der Waals surface area contributed by atoms with E-state index < -0.39 is 5.91 Å². The van der Waals surface area contributed by atoms with Gasteiger partial charge >= 0.3 is 0 Å². The van der Waals surface area contributed by atoms with Gasteiger partial charge in [0.25, 0.3) is 5.91 Å². The molecule has 0 aliphatic rings. The molecule has 4 heterocycles. The molecule has 1 amide bonds. The zero-order chi connectivity index (χ0) is 19.7. The molecule has 0 saturated carbocycles. The van der Waals surface area contributed by atoms with E-state index in [0.717, 1.165) is 22.5 Å². The third-order valence-corrected chi connectivity index (χ3v) is 4.23. The van der Waals surface area contributed by atoms with Crippen LogP contribution >= 0.6 is 0 Å². The standard InChI is InChI=1S/C19H19N7O2/c1-11-8-14(25-28-11)9-21-19-17-15(22-12(2)23-19)6-7-26(17)10-13-4-3-5-16(24-13)18(20)27/h3-8H,9-10H2,1-2H3,(H2,20,27)(H,21,22,23). The topological polar surface area (TPSA) is 125 Å². The van der Waals surface area contributed by atoms with Crippen LogP contribution in [0.4, 0.5) is 5.82 Å². The molecule has 0 radical (unpaired) electrons. The molecule has 0 saturated heterocycles. The number of fused-ring (bicyclic) bond motifs is 1. The molecule has 4 rings (SSSR count). The number of nitrogens with one attached hydrogen (secondary N) is 1. The largest absolute Gasteiger partial charge is 0.364 e. The van der Waals surface area contributed by atoms with E-state index in [9.17, 15) is 4.79 Å². The van der Waals surface area contributed by atoms with E-state index in [-0.39, 0.29) is 5.69 Å². The summed E-state index contributed by atoms with van der Waals surface area (Å²) in [5, 5.41) is 7.31. The van der Waals surface area contributed by atoms with Crippen molar-refractivity contribution < 1.29 is 9.32 Å². The lowest BCUT2D eigenvalue weighted by Crippen LogP contribution is -2.14. The molecule has 4 aromatic rings. The van der Waals surface area contributed by atoms with Gasteiger partial charge in [0.15, 0.2) is 5.82 Å². The van der Waals surface area contributed by atoms with Crippen LogP contribution in [-0.4, -0.2) is 30.6 Å². The molecule has 0 bridgehead atoms. The summed E-state index contributed by atoms with van der Waals surface area (Å²) in [5.41, 5.74) is 8.73. The number of amides is 1. The van der Waals surface area contributed by atoms with Gasteiger partial charge in [0, 0.05) is 12.3 Å². The Morgan fingerprint density at radius 3 is 2.79 bits per heavy atom. The number of anilines is 1. The molecule has 0 fully saturated rings. The van der Waals surface area contributed by atoms with Crippen LogP contribution in [0.3, 0.4) is 0 Å². The van der Waals surface area contributed by atoms with Crippen molar-refractivity contribution in [3.63, 3.8) is 0 Å². The Labute approximate surface area is 160 Å². The van der Waals surface area contributed by atoms with E-state index >= 15 is 0 Å². The van der Waals surface area contributed by atoms with E-state index in [1.165, 1.54) is 0 Å². The van der Waals surface area contributed by atoms with Crippen molar-refractivity contribution in [3.05, 3.63) is 65.2 Å². The Hall–Kier alpha value is -3.75. The lowest BCUT2D eigenvalue weighted by molar-refractivity contribution is 0.0995. The normalized spacial score (nSPS) is 11.1. The highest BCUT2D eigenvalue weighted by Gasteiger charge is 2.13. The quantitative estimate of drug-likeness (QED) is 0.527. The van der Waals surface area contributed by atoms with Gasteiger partial charge in [-0.3, -0.25) is 4.79 Å². The van der Waals surface area contributed by atoms with Crippen LogP contribution in [0.1, 0.15) is 33.5 Å². The molecule has 0 aliphatic carbocycles. The minimum absolute atomic E-state index is 0.237. The van der Waals surface area contributed by atoms with Crippen molar-refractivity contribution in [2.75, 3.05) is 5.32 Å². The highest BCUT2D eigenvalue weighted by atomic mass is 16.5. The second-order valence-electron chi connectivity index (χ2n) is 6.46. The van der Waals surface area contributed by atoms with Crippen molar-refractivity contribution in [2.45, 2.75) is 26.9 Å². The van der Waals surface area contributed by atoms with Crippen LogP contribution in [0, 0.1) is 13.8 Å². The molecule has 28 heavy (non-hydrogen) atoms. The van der Waals surface area contributed by atoms with Gasteiger partial charge in [-0.15, -0.1) is 0 Å². The fourth-order valence-corrected chi connectivity index (χ4v) is 3.03. The minimum Gasteiger partial charge on any atom is -0.364 e. The van der Waals surface area contributed by atoms with Gasteiger partial charge in [0.05, 0.1) is 24.3 Å². The first-order valence-electron chi connectivity index (χ1n) is 8.75. The average molecular weight is 377 g/mol. The number of pyridine rings is 1. The molecule has 0 aromatic carbocycles. The van der Waals surface area contributed by atoms with Gasteiger partial charge in [0.1, 0.15) is 28.5 Å². The molecular formula is C19H19N7O2. The molecule has 4 aromatic heterocycles. The first kappa shape index (κ1) is 17.7. The third kappa shape index (κ3) is 3.54. The molecule has 142 valence electrons. The first-order chi connectivity index (χ1) is 13.5. The van der Waals surface area contributed by atoms with Crippen molar-refractivity contribution in [2.24, 2.45) is 5.73 Å². The number of hydrogen-bond donors (Lipinski definition) is 2. The molecule has 9 nitrogen and oxygen atoms in total. The number of aryl methyl sites for hydroxylation is 2. The highest BCUT2D eigenvalue weighted by molar-refractivity contribution is 5.90. The van der Waals surface area contributed by atoms with Gasteiger partial charge in [-0.25, -0.2) is 15.0 Å². The maximum atomic E-state index is 11.4. The molecule has 0 unspecified atom stereocenters. The fourth-order valence-electron chi connectivity index (χ4n) is 3.03. The molecule has 9 heteroatoms. The van der Waals surface area contributed by atoms with Crippen LogP contribution in [0.5, 0.6) is 0 Å². The average Bonchev–Trinajstić information content (AvgIpc) is 3.26. The molecule has 0 atom stereocenters. The Kier molecular flexibility index (Phi) is 4.48. The van der Waals surface area contributed by atoms with Crippen LogP contribution in [-0.2, 0) is 13.1 Å². The second kappa shape index (κ2) is 7.10. The predicted octanol–water partition coefficient (Wildman–Crippen LogP) is 2.19. The maximum absolute atomic E-state index is 11.4.